The van der Waals surface area contributed by atoms with Crippen LogP contribution in [0.25, 0.3) is 10.9 Å². The summed E-state index contributed by atoms with van der Waals surface area (Å²) in [5.41, 5.74) is 3.99. The largest absolute Gasteiger partial charge is 0.472 e. The van der Waals surface area contributed by atoms with Crippen LogP contribution in [0.4, 0.5) is 0 Å². The molecule has 3 aromatic rings. The van der Waals surface area contributed by atoms with E-state index in [9.17, 15) is 0 Å². The van der Waals surface area contributed by atoms with E-state index in [0.717, 1.165) is 26.1 Å². The molecule has 1 N–H and O–H groups in total. The van der Waals surface area contributed by atoms with Gasteiger partial charge in [0.1, 0.15) is 0 Å². The van der Waals surface area contributed by atoms with Crippen LogP contribution in [0.2, 0.25) is 0 Å². The van der Waals surface area contributed by atoms with Crippen molar-refractivity contribution < 1.29 is 4.42 Å². The number of para-hydroxylation sites is 1. The number of aryl methyl sites for hydroxylation is 1. The molecule has 3 heteroatoms. The molecule has 0 saturated carbocycles. The normalized spacial score (nSPS) is 11.2. The Hall–Kier alpha value is -2.00. The minimum atomic E-state index is 0.857. The number of rotatable bonds is 6. The third kappa shape index (κ3) is 2.63. The van der Waals surface area contributed by atoms with Gasteiger partial charge >= 0.3 is 0 Å². The second-order valence-electron chi connectivity index (χ2n) is 5.03. The van der Waals surface area contributed by atoms with Crippen LogP contribution < -0.4 is 5.32 Å². The molecule has 0 fully saturated rings. The maximum atomic E-state index is 5.06. The van der Waals surface area contributed by atoms with Crippen molar-refractivity contribution in [3.63, 3.8) is 0 Å². The van der Waals surface area contributed by atoms with E-state index < -0.39 is 0 Å². The topological polar surface area (TPSA) is 30.1 Å². The van der Waals surface area contributed by atoms with Crippen molar-refractivity contribution >= 4 is 10.9 Å². The quantitative estimate of drug-likeness (QED) is 0.692. The summed E-state index contributed by atoms with van der Waals surface area (Å²) in [4.78, 5) is 0. The summed E-state index contributed by atoms with van der Waals surface area (Å²) in [5, 5.41) is 4.78. The predicted octanol–water partition coefficient (Wildman–Crippen LogP) is 3.59. The second kappa shape index (κ2) is 5.97. The van der Waals surface area contributed by atoms with Gasteiger partial charge in [-0.25, -0.2) is 0 Å². The van der Waals surface area contributed by atoms with Crippen molar-refractivity contribution in [3.05, 3.63) is 60.2 Å². The van der Waals surface area contributed by atoms with Crippen molar-refractivity contribution in [2.75, 3.05) is 6.54 Å². The Morgan fingerprint density at radius 2 is 2.15 bits per heavy atom. The first-order valence-electron chi connectivity index (χ1n) is 7.17. The monoisotopic (exact) mass is 268 g/mol. The van der Waals surface area contributed by atoms with Gasteiger partial charge in [-0.1, -0.05) is 25.1 Å². The average molecular weight is 268 g/mol. The first-order chi connectivity index (χ1) is 9.88. The molecule has 20 heavy (non-hydrogen) atoms. The van der Waals surface area contributed by atoms with Crippen LogP contribution in [0.3, 0.4) is 0 Å². The van der Waals surface area contributed by atoms with Crippen LogP contribution in [0.5, 0.6) is 0 Å². The highest BCUT2D eigenvalue weighted by atomic mass is 16.3. The maximum Gasteiger partial charge on any atom is 0.0947 e. The minimum Gasteiger partial charge on any atom is -0.472 e. The Morgan fingerprint density at radius 3 is 2.95 bits per heavy atom. The van der Waals surface area contributed by atoms with Gasteiger partial charge in [-0.15, -0.1) is 0 Å². The summed E-state index contributed by atoms with van der Waals surface area (Å²) in [6, 6.07) is 10.7. The molecule has 1 aromatic carbocycles. The molecule has 0 atom stereocenters. The Morgan fingerprint density at radius 1 is 1.20 bits per heavy atom. The average Bonchev–Trinajstić information content (AvgIpc) is 3.13. The molecule has 3 rings (SSSR count). The first kappa shape index (κ1) is 13.0. The van der Waals surface area contributed by atoms with Crippen molar-refractivity contribution in [3.8, 4) is 0 Å². The SMILES string of the molecule is CCc1cccc2ccn(CCNCc3ccoc3)c12. The lowest BCUT2D eigenvalue weighted by molar-refractivity contribution is 0.557. The highest BCUT2D eigenvalue weighted by Crippen LogP contribution is 2.20. The van der Waals surface area contributed by atoms with E-state index in [1.54, 1.807) is 12.5 Å². The second-order valence-corrected chi connectivity index (χ2v) is 5.03. The van der Waals surface area contributed by atoms with E-state index in [4.69, 9.17) is 4.42 Å². The molecule has 0 aliphatic carbocycles. The van der Waals surface area contributed by atoms with Crippen LogP contribution in [0.15, 0.2) is 53.5 Å². The molecule has 3 nitrogen and oxygen atoms in total. The lowest BCUT2D eigenvalue weighted by Crippen LogP contribution is -2.19. The Balaban J connectivity index is 1.65. The standard InChI is InChI=1S/C17H20N2O/c1-2-15-4-3-5-16-6-9-19(17(15)16)10-8-18-12-14-7-11-20-13-14/h3-7,9,11,13,18H,2,8,10,12H2,1H3. The Labute approximate surface area is 119 Å². The highest BCUT2D eigenvalue weighted by molar-refractivity contribution is 5.83. The summed E-state index contributed by atoms with van der Waals surface area (Å²) in [7, 11) is 0. The van der Waals surface area contributed by atoms with Crippen LogP contribution in [-0.4, -0.2) is 11.1 Å². The fourth-order valence-corrected chi connectivity index (χ4v) is 2.64. The fraction of sp³-hybridized carbons (Fsp3) is 0.294. The molecule has 0 aliphatic rings. The molecular formula is C17H20N2O. The van der Waals surface area contributed by atoms with E-state index in [2.05, 4.69) is 47.3 Å². The lowest BCUT2D eigenvalue weighted by Gasteiger charge is -2.09. The lowest BCUT2D eigenvalue weighted by atomic mass is 10.1. The van der Waals surface area contributed by atoms with Gasteiger partial charge in [0.2, 0.25) is 0 Å². The van der Waals surface area contributed by atoms with Crippen LogP contribution in [0, 0.1) is 0 Å². The third-order valence-electron chi connectivity index (χ3n) is 3.69. The van der Waals surface area contributed by atoms with Gasteiger partial charge in [-0.05, 0) is 29.5 Å². The van der Waals surface area contributed by atoms with Crippen LogP contribution in [0.1, 0.15) is 18.1 Å². The Kier molecular flexibility index (Phi) is 3.88. The number of nitrogens with zero attached hydrogens (tertiary/aromatic N) is 1. The van der Waals surface area contributed by atoms with Crippen molar-refractivity contribution in [1.29, 1.82) is 0 Å². The van der Waals surface area contributed by atoms with Crippen LogP contribution in [-0.2, 0) is 19.5 Å². The molecule has 0 aliphatic heterocycles. The molecule has 104 valence electrons. The first-order valence-corrected chi connectivity index (χ1v) is 7.17. The highest BCUT2D eigenvalue weighted by Gasteiger charge is 2.04. The minimum absolute atomic E-state index is 0.857. The zero-order valence-corrected chi connectivity index (χ0v) is 11.8. The number of fused-ring (bicyclic) bond motifs is 1. The number of nitrogens with one attached hydrogen (secondary N) is 1. The summed E-state index contributed by atoms with van der Waals surface area (Å²) < 4.78 is 7.40. The molecule has 0 radical (unpaired) electrons. The third-order valence-corrected chi connectivity index (χ3v) is 3.69. The van der Waals surface area contributed by atoms with Gasteiger partial charge in [0.15, 0.2) is 0 Å². The van der Waals surface area contributed by atoms with Gasteiger partial charge in [-0.2, -0.15) is 0 Å². The molecule has 0 unspecified atom stereocenters. The van der Waals surface area contributed by atoms with E-state index in [0.29, 0.717) is 0 Å². The Bertz CT molecular complexity index is 667. The van der Waals surface area contributed by atoms with Crippen molar-refractivity contribution in [2.24, 2.45) is 0 Å². The number of aromatic nitrogens is 1. The molecule has 0 amide bonds. The summed E-state index contributed by atoms with van der Waals surface area (Å²) in [6.07, 6.45) is 6.75. The van der Waals surface area contributed by atoms with Crippen LogP contribution >= 0.6 is 0 Å². The van der Waals surface area contributed by atoms with E-state index >= 15 is 0 Å². The smallest absolute Gasteiger partial charge is 0.0947 e. The van der Waals surface area contributed by atoms with Gasteiger partial charge in [0.25, 0.3) is 0 Å². The number of hydrogen-bond acceptors (Lipinski definition) is 2. The molecule has 2 heterocycles. The van der Waals surface area contributed by atoms with Gasteiger partial charge in [0.05, 0.1) is 18.0 Å². The zero-order valence-electron chi connectivity index (χ0n) is 11.8. The van der Waals surface area contributed by atoms with Crippen molar-refractivity contribution in [2.45, 2.75) is 26.4 Å². The number of hydrogen-bond donors (Lipinski definition) is 1. The molecule has 2 aromatic heterocycles. The molecular weight excluding hydrogens is 248 g/mol. The van der Waals surface area contributed by atoms with E-state index in [1.807, 2.05) is 6.07 Å². The summed E-state index contributed by atoms with van der Waals surface area (Å²) >= 11 is 0. The predicted molar refractivity (Wildman–Crippen MR) is 81.7 cm³/mol. The summed E-state index contributed by atoms with van der Waals surface area (Å²) in [6.45, 7) is 5.00. The number of furan rings is 1. The van der Waals surface area contributed by atoms with Gasteiger partial charge in [0, 0.05) is 31.4 Å². The maximum absolute atomic E-state index is 5.06. The molecule has 0 spiro atoms. The fourth-order valence-electron chi connectivity index (χ4n) is 2.64. The number of benzene rings is 1. The zero-order chi connectivity index (χ0) is 13.8. The molecule has 0 bridgehead atoms. The van der Waals surface area contributed by atoms with Gasteiger partial charge < -0.3 is 14.3 Å². The summed E-state index contributed by atoms with van der Waals surface area (Å²) in [5.74, 6) is 0. The van der Waals surface area contributed by atoms with Gasteiger partial charge in [-0.3, -0.25) is 0 Å². The van der Waals surface area contributed by atoms with Crippen molar-refractivity contribution in [1.82, 2.24) is 9.88 Å². The molecule has 0 saturated heterocycles. The van der Waals surface area contributed by atoms with E-state index in [-0.39, 0.29) is 0 Å². The van der Waals surface area contributed by atoms with E-state index in [1.165, 1.54) is 22.0 Å².